The number of amides is 1. The van der Waals surface area contributed by atoms with Crippen LogP contribution in [0, 0.1) is 34.6 Å². The number of nitrogens with zero attached hydrogens (tertiary/aromatic N) is 1. The Labute approximate surface area is 189 Å². The number of hydrogen-bond acceptors (Lipinski definition) is 3. The van der Waals surface area contributed by atoms with Gasteiger partial charge in [-0.2, -0.15) is 0 Å². The third-order valence-electron chi connectivity index (χ3n) is 6.76. The Hall–Kier alpha value is -3.24. The number of benzene rings is 3. The molecule has 0 saturated heterocycles. The largest absolute Gasteiger partial charge is 0.375 e. The molecule has 4 heteroatoms. The number of carbonyl (C=O) groups excluding carboxylic acids is 2. The molecule has 1 aliphatic rings. The summed E-state index contributed by atoms with van der Waals surface area (Å²) < 4.78 is 0. The highest BCUT2D eigenvalue weighted by atomic mass is 16.3. The maximum absolute atomic E-state index is 13.5. The predicted molar refractivity (Wildman–Crippen MR) is 127 cm³/mol. The van der Waals surface area contributed by atoms with Gasteiger partial charge in [-0.1, -0.05) is 54.1 Å². The molecule has 0 bridgehead atoms. The van der Waals surface area contributed by atoms with Gasteiger partial charge in [0.05, 0.1) is 18.7 Å². The Kier molecular flexibility index (Phi) is 5.51. The number of aliphatic hydroxyl groups is 1. The van der Waals surface area contributed by atoms with E-state index in [9.17, 15) is 14.7 Å². The van der Waals surface area contributed by atoms with Gasteiger partial charge in [-0.05, 0) is 68.5 Å². The van der Waals surface area contributed by atoms with Gasteiger partial charge in [0.1, 0.15) is 0 Å². The van der Waals surface area contributed by atoms with Crippen molar-refractivity contribution < 1.29 is 14.7 Å². The molecule has 1 amide bonds. The summed E-state index contributed by atoms with van der Waals surface area (Å²) in [5.41, 5.74) is 5.85. The number of ketones is 1. The van der Waals surface area contributed by atoms with E-state index in [-0.39, 0.29) is 12.2 Å². The summed E-state index contributed by atoms with van der Waals surface area (Å²) in [5.74, 6) is -0.665. The molecule has 4 nitrogen and oxygen atoms in total. The Bertz CT molecular complexity index is 1200. The van der Waals surface area contributed by atoms with Gasteiger partial charge in [0.15, 0.2) is 11.4 Å². The lowest BCUT2D eigenvalue weighted by Crippen LogP contribution is -2.41. The molecule has 0 aliphatic carbocycles. The first kappa shape index (κ1) is 22.0. The number of rotatable bonds is 5. The highest BCUT2D eigenvalue weighted by molar-refractivity contribution is 6.11. The van der Waals surface area contributed by atoms with Crippen LogP contribution in [-0.2, 0) is 16.9 Å². The minimum Gasteiger partial charge on any atom is -0.375 e. The molecule has 1 aliphatic heterocycles. The molecule has 0 fully saturated rings. The van der Waals surface area contributed by atoms with Crippen LogP contribution in [0.15, 0.2) is 54.6 Å². The van der Waals surface area contributed by atoms with Crippen molar-refractivity contribution >= 4 is 17.4 Å². The van der Waals surface area contributed by atoms with Crippen LogP contribution in [-0.4, -0.2) is 16.8 Å². The van der Waals surface area contributed by atoms with Gasteiger partial charge >= 0.3 is 0 Å². The van der Waals surface area contributed by atoms with Crippen molar-refractivity contribution in [2.45, 2.75) is 53.2 Å². The van der Waals surface area contributed by atoms with Gasteiger partial charge in [-0.15, -0.1) is 0 Å². The van der Waals surface area contributed by atoms with Crippen LogP contribution in [0.4, 0.5) is 5.69 Å². The van der Waals surface area contributed by atoms with E-state index < -0.39 is 11.5 Å². The molecule has 0 spiro atoms. The summed E-state index contributed by atoms with van der Waals surface area (Å²) in [6.45, 7) is 10.2. The Morgan fingerprint density at radius 1 is 0.906 bits per heavy atom. The van der Waals surface area contributed by atoms with E-state index in [0.29, 0.717) is 23.4 Å². The van der Waals surface area contributed by atoms with E-state index in [4.69, 9.17) is 0 Å². The van der Waals surface area contributed by atoms with Crippen LogP contribution in [0.1, 0.15) is 55.7 Å². The van der Waals surface area contributed by atoms with Crippen LogP contribution in [0.3, 0.4) is 0 Å². The standard InChI is InChI=1S/C28H29NO3/c1-17-10-12-22(13-11-17)16-29-24-9-7-6-8-23(24)28(32,27(29)31)15-25(30)26-20(4)18(2)14-19(3)21(26)5/h6-14,32H,15-16H2,1-5H3/t28-/m1/s1. The first-order valence-corrected chi connectivity index (χ1v) is 10.9. The molecule has 0 radical (unpaired) electrons. The summed E-state index contributed by atoms with van der Waals surface area (Å²) >= 11 is 0. The maximum Gasteiger partial charge on any atom is 0.264 e. The van der Waals surface area contributed by atoms with Gasteiger partial charge in [-0.25, -0.2) is 0 Å². The fourth-order valence-corrected chi connectivity index (χ4v) is 4.67. The lowest BCUT2D eigenvalue weighted by molar-refractivity contribution is -0.136. The first-order chi connectivity index (χ1) is 15.1. The molecular formula is C28H29NO3. The normalized spacial score (nSPS) is 17.6. The number of carbonyl (C=O) groups is 2. The van der Waals surface area contributed by atoms with Crippen LogP contribution < -0.4 is 4.90 Å². The van der Waals surface area contributed by atoms with Gasteiger partial charge in [0.25, 0.3) is 5.91 Å². The molecule has 4 rings (SSSR count). The predicted octanol–water partition coefficient (Wildman–Crippen LogP) is 5.24. The van der Waals surface area contributed by atoms with Crippen molar-refractivity contribution in [2.24, 2.45) is 0 Å². The maximum atomic E-state index is 13.5. The summed E-state index contributed by atoms with van der Waals surface area (Å²) in [4.78, 5) is 28.6. The zero-order valence-electron chi connectivity index (χ0n) is 19.3. The second-order valence-electron chi connectivity index (χ2n) is 8.99. The van der Waals surface area contributed by atoms with Gasteiger partial charge in [0, 0.05) is 11.1 Å². The van der Waals surface area contributed by atoms with Crippen LogP contribution >= 0.6 is 0 Å². The molecule has 32 heavy (non-hydrogen) atoms. The van der Waals surface area contributed by atoms with Crippen LogP contribution in [0.5, 0.6) is 0 Å². The van der Waals surface area contributed by atoms with E-state index >= 15 is 0 Å². The minimum absolute atomic E-state index is 0.213. The molecule has 0 aromatic heterocycles. The second-order valence-corrected chi connectivity index (χ2v) is 8.99. The Morgan fingerprint density at radius 2 is 1.50 bits per heavy atom. The smallest absolute Gasteiger partial charge is 0.264 e. The zero-order valence-corrected chi connectivity index (χ0v) is 19.3. The monoisotopic (exact) mass is 427 g/mol. The Balaban J connectivity index is 1.72. The quantitative estimate of drug-likeness (QED) is 0.567. The van der Waals surface area contributed by atoms with E-state index in [0.717, 1.165) is 33.4 Å². The van der Waals surface area contributed by atoms with Crippen molar-refractivity contribution in [3.05, 3.63) is 99.1 Å². The number of anilines is 1. The van der Waals surface area contributed by atoms with Crippen LogP contribution in [0.2, 0.25) is 0 Å². The third kappa shape index (κ3) is 3.55. The molecule has 3 aromatic rings. The topological polar surface area (TPSA) is 57.6 Å². The number of para-hydroxylation sites is 1. The minimum atomic E-state index is -1.88. The zero-order chi connectivity index (χ0) is 23.2. The number of Topliss-reactive ketones (excluding diaryl/α,β-unsaturated/α-hetero) is 1. The molecule has 0 saturated carbocycles. The lowest BCUT2D eigenvalue weighted by atomic mass is 9.84. The highest BCUT2D eigenvalue weighted by Gasteiger charge is 2.51. The Morgan fingerprint density at radius 3 is 2.12 bits per heavy atom. The molecule has 0 unspecified atom stereocenters. The van der Waals surface area contributed by atoms with Gasteiger partial charge < -0.3 is 10.0 Å². The summed E-state index contributed by atoms with van der Waals surface area (Å²) in [6, 6.07) is 17.3. The number of hydrogen-bond donors (Lipinski definition) is 1. The van der Waals surface area contributed by atoms with E-state index in [1.807, 2.05) is 71.0 Å². The molecule has 3 aromatic carbocycles. The fraction of sp³-hybridized carbons (Fsp3) is 0.286. The van der Waals surface area contributed by atoms with Crippen molar-refractivity contribution in [3.63, 3.8) is 0 Å². The van der Waals surface area contributed by atoms with Crippen molar-refractivity contribution in [1.82, 2.24) is 0 Å². The van der Waals surface area contributed by atoms with E-state index in [1.54, 1.807) is 17.0 Å². The van der Waals surface area contributed by atoms with E-state index in [2.05, 4.69) is 6.07 Å². The van der Waals surface area contributed by atoms with Gasteiger partial charge in [-0.3, -0.25) is 9.59 Å². The SMILES string of the molecule is Cc1ccc(CN2C(=O)[C@@](O)(CC(=O)c3c(C)c(C)cc(C)c3C)c3ccccc32)cc1. The lowest BCUT2D eigenvalue weighted by Gasteiger charge is -2.24. The molecule has 1 atom stereocenters. The number of fused-ring (bicyclic) bond motifs is 1. The first-order valence-electron chi connectivity index (χ1n) is 10.9. The van der Waals surface area contributed by atoms with Crippen molar-refractivity contribution in [1.29, 1.82) is 0 Å². The summed E-state index contributed by atoms with van der Waals surface area (Å²) in [5, 5.41) is 11.6. The molecular weight excluding hydrogens is 398 g/mol. The average Bonchev–Trinajstić information content (AvgIpc) is 2.96. The summed E-state index contributed by atoms with van der Waals surface area (Å²) in [7, 11) is 0. The van der Waals surface area contributed by atoms with Gasteiger partial charge in [0.2, 0.25) is 0 Å². The second kappa shape index (κ2) is 8.03. The van der Waals surface area contributed by atoms with Crippen LogP contribution in [0.25, 0.3) is 0 Å². The molecule has 1 N–H and O–H groups in total. The summed E-state index contributed by atoms with van der Waals surface area (Å²) in [6.07, 6.45) is -0.280. The number of aryl methyl sites for hydroxylation is 3. The third-order valence-corrected chi connectivity index (χ3v) is 6.76. The molecule has 1 heterocycles. The van der Waals surface area contributed by atoms with Crippen molar-refractivity contribution in [3.8, 4) is 0 Å². The highest BCUT2D eigenvalue weighted by Crippen LogP contribution is 2.44. The van der Waals surface area contributed by atoms with E-state index in [1.165, 1.54) is 0 Å². The molecule has 164 valence electrons. The average molecular weight is 428 g/mol. The fourth-order valence-electron chi connectivity index (χ4n) is 4.67. The van der Waals surface area contributed by atoms with Crippen molar-refractivity contribution in [2.75, 3.05) is 4.90 Å².